The lowest BCUT2D eigenvalue weighted by molar-refractivity contribution is -0.119. The van der Waals surface area contributed by atoms with Gasteiger partial charge in [0.25, 0.3) is 0 Å². The minimum Gasteiger partial charge on any atom is -0.504 e. The van der Waals surface area contributed by atoms with Gasteiger partial charge in [-0.2, -0.15) is 0 Å². The first kappa shape index (κ1) is 14.3. The Morgan fingerprint density at radius 1 is 1.56 bits per heavy atom. The van der Waals surface area contributed by atoms with Gasteiger partial charge in [0.05, 0.1) is 7.11 Å². The van der Waals surface area contributed by atoms with Gasteiger partial charge < -0.3 is 20.9 Å². The number of carbonyl (C=O) groups excluding carboxylic acids is 1. The van der Waals surface area contributed by atoms with E-state index in [1.807, 2.05) is 6.92 Å². The lowest BCUT2D eigenvalue weighted by Gasteiger charge is -2.12. The number of nitrogens with one attached hydrogen (secondary N) is 1. The van der Waals surface area contributed by atoms with Crippen molar-refractivity contribution < 1.29 is 14.6 Å². The second-order valence-corrected chi connectivity index (χ2v) is 4.21. The number of ether oxygens (including phenoxy) is 1. The van der Waals surface area contributed by atoms with E-state index in [-0.39, 0.29) is 17.6 Å². The highest BCUT2D eigenvalue weighted by atomic mass is 16.5. The van der Waals surface area contributed by atoms with Crippen LogP contribution in [0.5, 0.6) is 11.5 Å². The molecule has 0 saturated heterocycles. The molecule has 1 aromatic carbocycles. The standard InChI is InChI=1S/C13H20N2O3/c1-9(4-3-7-14)13(17)15-10-5-6-12(18-2)11(16)8-10/h5-6,8-9,16H,3-4,7,14H2,1-2H3,(H,15,17). The predicted molar refractivity (Wildman–Crippen MR) is 70.7 cm³/mol. The number of nitrogens with two attached hydrogens (primary N) is 1. The number of phenols is 1. The van der Waals surface area contributed by atoms with Crippen LogP contribution in [0.25, 0.3) is 0 Å². The molecule has 0 aliphatic carbocycles. The van der Waals surface area contributed by atoms with Crippen LogP contribution in [-0.2, 0) is 4.79 Å². The summed E-state index contributed by atoms with van der Waals surface area (Å²) in [6, 6.07) is 4.76. The van der Waals surface area contributed by atoms with E-state index in [0.717, 1.165) is 12.8 Å². The van der Waals surface area contributed by atoms with Gasteiger partial charge in [-0.1, -0.05) is 6.92 Å². The van der Waals surface area contributed by atoms with Crippen molar-refractivity contribution in [2.45, 2.75) is 19.8 Å². The Hall–Kier alpha value is -1.75. The summed E-state index contributed by atoms with van der Waals surface area (Å²) >= 11 is 0. The Morgan fingerprint density at radius 2 is 2.28 bits per heavy atom. The van der Waals surface area contributed by atoms with Gasteiger partial charge in [-0.3, -0.25) is 4.79 Å². The molecule has 0 spiro atoms. The number of carbonyl (C=O) groups is 1. The first-order valence-electron chi connectivity index (χ1n) is 5.96. The number of phenolic OH excluding ortho intramolecular Hbond substituents is 1. The van der Waals surface area contributed by atoms with E-state index in [1.54, 1.807) is 12.1 Å². The van der Waals surface area contributed by atoms with Gasteiger partial charge in [-0.05, 0) is 31.5 Å². The highest BCUT2D eigenvalue weighted by Crippen LogP contribution is 2.28. The fourth-order valence-electron chi connectivity index (χ4n) is 1.59. The van der Waals surface area contributed by atoms with Crippen molar-refractivity contribution in [2.75, 3.05) is 19.0 Å². The molecule has 0 saturated carbocycles. The van der Waals surface area contributed by atoms with Gasteiger partial charge in [-0.15, -0.1) is 0 Å². The van der Waals surface area contributed by atoms with Crippen LogP contribution in [0, 0.1) is 5.92 Å². The quantitative estimate of drug-likeness (QED) is 0.719. The molecule has 1 rings (SSSR count). The van der Waals surface area contributed by atoms with Crippen LogP contribution in [-0.4, -0.2) is 24.7 Å². The molecule has 0 heterocycles. The van der Waals surface area contributed by atoms with Crippen molar-refractivity contribution >= 4 is 11.6 Å². The van der Waals surface area contributed by atoms with Crippen LogP contribution in [0.15, 0.2) is 18.2 Å². The first-order valence-corrected chi connectivity index (χ1v) is 5.96. The largest absolute Gasteiger partial charge is 0.504 e. The maximum absolute atomic E-state index is 11.8. The highest BCUT2D eigenvalue weighted by Gasteiger charge is 2.13. The van der Waals surface area contributed by atoms with E-state index in [9.17, 15) is 9.90 Å². The molecule has 100 valence electrons. The van der Waals surface area contributed by atoms with Gasteiger partial charge >= 0.3 is 0 Å². The average molecular weight is 252 g/mol. The minimum atomic E-state index is -0.0993. The van der Waals surface area contributed by atoms with Crippen molar-refractivity contribution in [2.24, 2.45) is 11.7 Å². The molecule has 1 amide bonds. The second-order valence-electron chi connectivity index (χ2n) is 4.21. The SMILES string of the molecule is COc1ccc(NC(=O)C(C)CCCN)cc1O. The molecule has 1 atom stereocenters. The van der Waals surface area contributed by atoms with Crippen LogP contribution in [0.4, 0.5) is 5.69 Å². The Morgan fingerprint density at radius 3 is 2.83 bits per heavy atom. The van der Waals surface area contributed by atoms with Crippen molar-refractivity contribution in [3.63, 3.8) is 0 Å². The Balaban J connectivity index is 2.61. The van der Waals surface area contributed by atoms with Crippen LogP contribution in [0.3, 0.4) is 0 Å². The summed E-state index contributed by atoms with van der Waals surface area (Å²) in [4.78, 5) is 11.8. The molecule has 5 nitrogen and oxygen atoms in total. The van der Waals surface area contributed by atoms with Crippen molar-refractivity contribution in [1.29, 1.82) is 0 Å². The van der Waals surface area contributed by atoms with E-state index in [4.69, 9.17) is 10.5 Å². The number of methoxy groups -OCH3 is 1. The molecule has 1 unspecified atom stereocenters. The zero-order chi connectivity index (χ0) is 13.5. The maximum atomic E-state index is 11.8. The number of hydrogen-bond acceptors (Lipinski definition) is 4. The van der Waals surface area contributed by atoms with Gasteiger partial charge in [-0.25, -0.2) is 0 Å². The number of aromatic hydroxyl groups is 1. The average Bonchev–Trinajstić information content (AvgIpc) is 2.36. The van der Waals surface area contributed by atoms with Crippen molar-refractivity contribution in [3.05, 3.63) is 18.2 Å². The van der Waals surface area contributed by atoms with Crippen LogP contribution >= 0.6 is 0 Å². The first-order chi connectivity index (χ1) is 8.58. The summed E-state index contributed by atoms with van der Waals surface area (Å²) in [7, 11) is 1.47. The molecule has 0 fully saturated rings. The normalized spacial score (nSPS) is 11.9. The molecule has 0 aromatic heterocycles. The number of anilines is 1. The van der Waals surface area contributed by atoms with Crippen LogP contribution in [0.2, 0.25) is 0 Å². The second kappa shape index (κ2) is 6.86. The zero-order valence-electron chi connectivity index (χ0n) is 10.8. The van der Waals surface area contributed by atoms with E-state index >= 15 is 0 Å². The molecular weight excluding hydrogens is 232 g/mol. The monoisotopic (exact) mass is 252 g/mol. The Kier molecular flexibility index (Phi) is 5.45. The summed E-state index contributed by atoms with van der Waals surface area (Å²) in [6.07, 6.45) is 1.58. The van der Waals surface area contributed by atoms with Gasteiger partial charge in [0.2, 0.25) is 5.91 Å². The minimum absolute atomic E-state index is 0.00455. The third-order valence-corrected chi connectivity index (χ3v) is 2.74. The maximum Gasteiger partial charge on any atom is 0.227 e. The van der Waals surface area contributed by atoms with Gasteiger partial charge in [0, 0.05) is 17.7 Å². The molecule has 1 aromatic rings. The third kappa shape index (κ3) is 3.92. The molecule has 4 N–H and O–H groups in total. The summed E-state index contributed by atoms with van der Waals surface area (Å²) < 4.78 is 4.93. The molecule has 0 aliphatic rings. The van der Waals surface area contributed by atoms with E-state index in [2.05, 4.69) is 5.32 Å². The van der Waals surface area contributed by atoms with E-state index in [0.29, 0.717) is 18.0 Å². The van der Waals surface area contributed by atoms with Crippen molar-refractivity contribution in [1.82, 2.24) is 0 Å². The molecular formula is C13H20N2O3. The van der Waals surface area contributed by atoms with Gasteiger partial charge in [0.15, 0.2) is 11.5 Å². The predicted octanol–water partition coefficient (Wildman–Crippen LogP) is 1.71. The summed E-state index contributed by atoms with van der Waals surface area (Å²) in [5.74, 6) is 0.208. The fourth-order valence-corrected chi connectivity index (χ4v) is 1.59. The Bertz CT molecular complexity index is 407. The number of hydrogen-bond donors (Lipinski definition) is 3. The summed E-state index contributed by atoms with van der Waals surface area (Å²) in [5, 5.41) is 12.3. The van der Waals surface area contributed by atoms with Crippen LogP contribution < -0.4 is 15.8 Å². The lowest BCUT2D eigenvalue weighted by atomic mass is 10.0. The topological polar surface area (TPSA) is 84.6 Å². The smallest absolute Gasteiger partial charge is 0.227 e. The number of amides is 1. The zero-order valence-corrected chi connectivity index (χ0v) is 10.8. The van der Waals surface area contributed by atoms with E-state index in [1.165, 1.54) is 13.2 Å². The number of benzene rings is 1. The molecule has 5 heteroatoms. The highest BCUT2D eigenvalue weighted by molar-refractivity contribution is 5.92. The molecule has 18 heavy (non-hydrogen) atoms. The fraction of sp³-hybridized carbons (Fsp3) is 0.462. The third-order valence-electron chi connectivity index (χ3n) is 2.74. The Labute approximate surface area is 107 Å². The summed E-state index contributed by atoms with van der Waals surface area (Å²) in [5.41, 5.74) is 5.96. The molecule has 0 aliphatic heterocycles. The van der Waals surface area contributed by atoms with Gasteiger partial charge in [0.1, 0.15) is 0 Å². The molecule has 0 bridgehead atoms. The molecule has 0 radical (unpaired) electrons. The summed E-state index contributed by atoms with van der Waals surface area (Å²) in [6.45, 7) is 2.44. The van der Waals surface area contributed by atoms with Crippen LogP contribution in [0.1, 0.15) is 19.8 Å². The van der Waals surface area contributed by atoms with E-state index < -0.39 is 0 Å². The number of rotatable bonds is 6. The lowest BCUT2D eigenvalue weighted by Crippen LogP contribution is -2.21. The van der Waals surface area contributed by atoms with Crippen molar-refractivity contribution in [3.8, 4) is 11.5 Å².